The lowest BCUT2D eigenvalue weighted by Crippen LogP contribution is -2.19. The summed E-state index contributed by atoms with van der Waals surface area (Å²) in [4.78, 5) is 10.7. The summed E-state index contributed by atoms with van der Waals surface area (Å²) in [5, 5.41) is 3.29. The van der Waals surface area contributed by atoms with Crippen molar-refractivity contribution in [3.63, 3.8) is 0 Å². The van der Waals surface area contributed by atoms with Crippen molar-refractivity contribution in [3.8, 4) is 0 Å². The van der Waals surface area contributed by atoms with E-state index in [2.05, 4.69) is 28.8 Å². The fraction of sp³-hybridized carbons (Fsp3) is 0.500. The monoisotopic (exact) mass is 220 g/mol. The summed E-state index contributed by atoms with van der Waals surface area (Å²) < 4.78 is 0. The molecule has 0 atom stereocenters. The Bertz CT molecular complexity index is 307. The minimum Gasteiger partial charge on any atom is -0.355 e. The number of anilines is 1. The van der Waals surface area contributed by atoms with Gasteiger partial charge in [-0.2, -0.15) is 0 Å². The minimum atomic E-state index is 0.780. The van der Waals surface area contributed by atoms with Gasteiger partial charge in [0.2, 0.25) is 0 Å². The maximum atomic E-state index is 4.35. The van der Waals surface area contributed by atoms with E-state index in [1.807, 2.05) is 24.2 Å². The number of hydrogen-bond donors (Lipinski definition) is 1. The molecule has 0 radical (unpaired) electrons. The molecule has 0 aromatic carbocycles. The molecular weight excluding hydrogens is 200 g/mol. The van der Waals surface area contributed by atoms with Crippen LogP contribution in [0.5, 0.6) is 0 Å². The van der Waals surface area contributed by atoms with Crippen molar-refractivity contribution in [2.75, 3.05) is 25.0 Å². The average Bonchev–Trinajstić information content (AvgIpc) is 2.30. The lowest BCUT2D eigenvalue weighted by molar-refractivity contribution is 0.662. The van der Waals surface area contributed by atoms with Crippen molar-refractivity contribution in [3.05, 3.63) is 30.7 Å². The van der Waals surface area contributed by atoms with Gasteiger partial charge in [0.1, 0.15) is 5.82 Å². The highest BCUT2D eigenvalue weighted by atomic mass is 15.2. The first-order chi connectivity index (χ1) is 7.77. The second-order valence-corrected chi connectivity index (χ2v) is 3.71. The first kappa shape index (κ1) is 12.6. The van der Waals surface area contributed by atoms with Crippen LogP contribution in [0.2, 0.25) is 0 Å². The molecular formula is C12H20N4. The number of nitrogens with one attached hydrogen (secondary N) is 1. The Morgan fingerprint density at radius 1 is 1.44 bits per heavy atom. The predicted octanol–water partition coefficient (Wildman–Crippen LogP) is 1.60. The van der Waals surface area contributed by atoms with Gasteiger partial charge in [0, 0.05) is 20.1 Å². The predicted molar refractivity (Wildman–Crippen MR) is 67.5 cm³/mol. The van der Waals surface area contributed by atoms with Crippen LogP contribution in [0, 0.1) is 0 Å². The highest BCUT2D eigenvalue weighted by Gasteiger charge is 2.01. The van der Waals surface area contributed by atoms with E-state index in [1.165, 1.54) is 0 Å². The van der Waals surface area contributed by atoms with E-state index in [-0.39, 0.29) is 0 Å². The van der Waals surface area contributed by atoms with E-state index in [0.29, 0.717) is 0 Å². The van der Waals surface area contributed by atoms with E-state index in [1.54, 1.807) is 6.20 Å². The van der Waals surface area contributed by atoms with Gasteiger partial charge in [-0.3, -0.25) is 4.98 Å². The molecule has 4 nitrogen and oxygen atoms in total. The third-order valence-electron chi connectivity index (χ3n) is 2.22. The molecule has 0 aliphatic carbocycles. The average molecular weight is 220 g/mol. The van der Waals surface area contributed by atoms with Crippen LogP contribution in [0.1, 0.15) is 19.0 Å². The van der Waals surface area contributed by atoms with Crippen molar-refractivity contribution in [1.29, 1.82) is 0 Å². The van der Waals surface area contributed by atoms with Crippen molar-refractivity contribution >= 4 is 5.82 Å². The quantitative estimate of drug-likeness (QED) is 0.560. The molecule has 0 aliphatic rings. The Kier molecular flexibility index (Phi) is 5.50. The molecule has 1 aromatic heterocycles. The van der Waals surface area contributed by atoms with Crippen LogP contribution in [0.15, 0.2) is 25.0 Å². The Balaban J connectivity index is 2.50. The maximum Gasteiger partial charge on any atom is 0.147 e. The molecule has 1 rings (SSSR count). The number of rotatable bonds is 7. The van der Waals surface area contributed by atoms with E-state index < -0.39 is 0 Å². The zero-order valence-corrected chi connectivity index (χ0v) is 10.1. The Hall–Kier alpha value is -1.42. The van der Waals surface area contributed by atoms with Gasteiger partial charge in [0.25, 0.3) is 0 Å². The van der Waals surface area contributed by atoms with Crippen molar-refractivity contribution in [1.82, 2.24) is 15.3 Å². The molecule has 0 unspecified atom stereocenters. The van der Waals surface area contributed by atoms with E-state index in [4.69, 9.17) is 0 Å². The van der Waals surface area contributed by atoms with Gasteiger partial charge in [-0.25, -0.2) is 4.98 Å². The summed E-state index contributed by atoms with van der Waals surface area (Å²) in [7, 11) is 1.97. The topological polar surface area (TPSA) is 41.1 Å². The Morgan fingerprint density at radius 3 is 2.81 bits per heavy atom. The van der Waals surface area contributed by atoms with Crippen molar-refractivity contribution in [2.24, 2.45) is 0 Å². The van der Waals surface area contributed by atoms with Crippen LogP contribution in [0.4, 0.5) is 5.82 Å². The summed E-state index contributed by atoms with van der Waals surface area (Å²) >= 11 is 0. The Morgan fingerprint density at radius 2 is 2.25 bits per heavy atom. The van der Waals surface area contributed by atoms with Crippen LogP contribution in [0.25, 0.3) is 0 Å². The molecule has 0 spiro atoms. The van der Waals surface area contributed by atoms with Gasteiger partial charge in [-0.05, 0) is 13.0 Å². The summed E-state index contributed by atoms with van der Waals surface area (Å²) in [6.45, 7) is 8.42. The zero-order valence-electron chi connectivity index (χ0n) is 10.1. The van der Waals surface area contributed by atoms with E-state index in [0.717, 1.165) is 37.6 Å². The first-order valence-corrected chi connectivity index (χ1v) is 5.61. The smallest absolute Gasteiger partial charge is 0.147 e. The molecule has 0 amide bonds. The highest BCUT2D eigenvalue weighted by Crippen LogP contribution is 2.06. The molecule has 0 bridgehead atoms. The summed E-state index contributed by atoms with van der Waals surface area (Å²) in [6.07, 6.45) is 6.59. The standard InChI is InChI=1S/C12H20N4/c1-4-6-13-8-11-9-15-12(10-14-11)16(3)7-5-2/h5,9-10,13H,2,4,6-8H2,1,3H3. The lowest BCUT2D eigenvalue weighted by atomic mass is 10.4. The maximum absolute atomic E-state index is 4.35. The molecule has 0 saturated carbocycles. The van der Waals surface area contributed by atoms with Crippen LogP contribution in [0.3, 0.4) is 0 Å². The van der Waals surface area contributed by atoms with E-state index >= 15 is 0 Å². The SMILES string of the molecule is C=CCN(C)c1cnc(CNCCC)cn1. The molecule has 1 heterocycles. The van der Waals surface area contributed by atoms with Gasteiger partial charge < -0.3 is 10.2 Å². The zero-order chi connectivity index (χ0) is 11.8. The van der Waals surface area contributed by atoms with Gasteiger partial charge in [0.05, 0.1) is 18.1 Å². The largest absolute Gasteiger partial charge is 0.355 e. The lowest BCUT2D eigenvalue weighted by Gasteiger charge is -2.15. The molecule has 16 heavy (non-hydrogen) atoms. The second-order valence-electron chi connectivity index (χ2n) is 3.71. The van der Waals surface area contributed by atoms with Gasteiger partial charge in [0.15, 0.2) is 0 Å². The van der Waals surface area contributed by atoms with Crippen LogP contribution in [-0.4, -0.2) is 30.1 Å². The second kappa shape index (κ2) is 6.95. The van der Waals surface area contributed by atoms with Crippen LogP contribution >= 0.6 is 0 Å². The third-order valence-corrected chi connectivity index (χ3v) is 2.22. The number of nitrogens with zero attached hydrogens (tertiary/aromatic N) is 3. The van der Waals surface area contributed by atoms with Crippen LogP contribution in [-0.2, 0) is 6.54 Å². The number of hydrogen-bond acceptors (Lipinski definition) is 4. The minimum absolute atomic E-state index is 0.780. The van der Waals surface area contributed by atoms with Gasteiger partial charge in [-0.15, -0.1) is 6.58 Å². The molecule has 0 fully saturated rings. The molecule has 1 aromatic rings. The van der Waals surface area contributed by atoms with E-state index in [9.17, 15) is 0 Å². The summed E-state index contributed by atoms with van der Waals surface area (Å²) in [5.41, 5.74) is 0.976. The third kappa shape index (κ3) is 3.98. The first-order valence-electron chi connectivity index (χ1n) is 5.61. The van der Waals surface area contributed by atoms with Crippen molar-refractivity contribution in [2.45, 2.75) is 19.9 Å². The van der Waals surface area contributed by atoms with Gasteiger partial charge in [-0.1, -0.05) is 13.0 Å². The molecule has 4 heteroatoms. The molecule has 1 N–H and O–H groups in total. The van der Waals surface area contributed by atoms with Gasteiger partial charge >= 0.3 is 0 Å². The fourth-order valence-corrected chi connectivity index (χ4v) is 1.32. The molecule has 88 valence electrons. The number of likely N-dealkylation sites (N-methyl/N-ethyl adjacent to an activating group) is 1. The molecule has 0 saturated heterocycles. The number of aromatic nitrogens is 2. The summed E-state index contributed by atoms with van der Waals surface area (Å²) in [6, 6.07) is 0. The van der Waals surface area contributed by atoms with Crippen molar-refractivity contribution < 1.29 is 0 Å². The Labute approximate surface area is 97.4 Å². The fourth-order valence-electron chi connectivity index (χ4n) is 1.32. The normalized spacial score (nSPS) is 10.1. The molecule has 0 aliphatic heterocycles. The summed E-state index contributed by atoms with van der Waals surface area (Å²) in [5.74, 6) is 0.874. The highest BCUT2D eigenvalue weighted by molar-refractivity contribution is 5.35. The van der Waals surface area contributed by atoms with Crippen LogP contribution < -0.4 is 10.2 Å².